The Kier molecular flexibility index (Phi) is 34.7. The van der Waals surface area contributed by atoms with Crippen molar-refractivity contribution in [1.82, 2.24) is 21.3 Å². The first-order valence-electron chi connectivity index (χ1n) is 17.0. The highest BCUT2D eigenvalue weighted by Crippen LogP contribution is 1.96. The van der Waals surface area contributed by atoms with Crippen molar-refractivity contribution in [1.29, 1.82) is 0 Å². The molecule has 17 nitrogen and oxygen atoms in total. The highest BCUT2D eigenvalue weighted by molar-refractivity contribution is 5.76. The lowest BCUT2D eigenvalue weighted by Gasteiger charge is -2.19. The van der Waals surface area contributed by atoms with E-state index in [0.29, 0.717) is 105 Å². The van der Waals surface area contributed by atoms with E-state index in [2.05, 4.69) is 35.1 Å². The number of carbonyl (C=O) groups is 3. The maximum Gasteiger partial charge on any atom is 0.222 e. The summed E-state index contributed by atoms with van der Waals surface area (Å²) < 4.78 is 43.6. The fourth-order valence-corrected chi connectivity index (χ4v) is 3.63. The molecule has 0 rings (SSSR count). The Labute approximate surface area is 286 Å². The van der Waals surface area contributed by atoms with Crippen LogP contribution in [0.4, 0.5) is 0 Å². The summed E-state index contributed by atoms with van der Waals surface area (Å²) in [5.41, 5.74) is 10.7. The van der Waals surface area contributed by atoms with E-state index in [9.17, 15) is 14.4 Å². The van der Waals surface area contributed by atoms with Crippen LogP contribution in [0.2, 0.25) is 0 Å². The second-order valence-corrected chi connectivity index (χ2v) is 10.7. The molecule has 17 heteroatoms. The van der Waals surface area contributed by atoms with Crippen molar-refractivity contribution in [3.05, 3.63) is 0 Å². The van der Waals surface area contributed by atoms with Crippen molar-refractivity contribution in [2.24, 2.45) is 11.5 Å². The molecule has 0 aliphatic rings. The number of ether oxygens (including phenoxy) is 8. The zero-order valence-corrected chi connectivity index (χ0v) is 29.3. The van der Waals surface area contributed by atoms with Gasteiger partial charge in [-0.1, -0.05) is 13.8 Å². The van der Waals surface area contributed by atoms with Crippen molar-refractivity contribution in [2.45, 2.75) is 45.2 Å². The summed E-state index contributed by atoms with van der Waals surface area (Å²) in [5, 5.41) is 11.6. The average Bonchev–Trinajstić information content (AvgIpc) is 3.06. The van der Waals surface area contributed by atoms with E-state index < -0.39 is 6.04 Å². The molecule has 0 radical (unpaired) electrons. The van der Waals surface area contributed by atoms with Crippen LogP contribution in [0.3, 0.4) is 0 Å². The zero-order chi connectivity index (χ0) is 35.3. The fraction of sp³-hybridized carbons (Fsp3) is 0.903. The smallest absolute Gasteiger partial charge is 0.222 e. The van der Waals surface area contributed by atoms with Crippen LogP contribution in [0.15, 0.2) is 0 Å². The summed E-state index contributed by atoms with van der Waals surface area (Å²) in [6.45, 7) is 12.4. The first-order chi connectivity index (χ1) is 23.4. The molecule has 0 aromatic carbocycles. The van der Waals surface area contributed by atoms with E-state index in [0.717, 1.165) is 6.54 Å². The Balaban J connectivity index is 4.17. The van der Waals surface area contributed by atoms with Crippen LogP contribution < -0.4 is 32.7 Å². The topological polar surface area (TPSA) is 225 Å². The van der Waals surface area contributed by atoms with Gasteiger partial charge in [-0.3, -0.25) is 14.4 Å². The second kappa shape index (κ2) is 36.3. The minimum Gasteiger partial charge on any atom is -0.379 e. The monoisotopic (exact) mass is 696 g/mol. The molecule has 0 fully saturated rings. The van der Waals surface area contributed by atoms with E-state index in [4.69, 9.17) is 49.4 Å². The Hall–Kier alpha value is -2.03. The van der Waals surface area contributed by atoms with Gasteiger partial charge in [0, 0.05) is 58.0 Å². The average molecular weight is 697 g/mol. The van der Waals surface area contributed by atoms with E-state index in [1.165, 1.54) is 0 Å². The largest absolute Gasteiger partial charge is 0.379 e. The standard InChI is InChI=1S/C31H64N6O11/c1-27(2)34-8-16-44-20-22-46-24-23-45-21-19-41-11-5-31(40)37-28(25-47-12-3-29(38)35-9-17-42-14-6-32)26-48-13-4-30(39)36-10-18-43-15-7-33/h27-28,34H,3-26,32-33H2,1-2H3,(H,35,38)(H,36,39)(H,37,40). The van der Waals surface area contributed by atoms with E-state index in [1.807, 2.05) is 0 Å². The summed E-state index contributed by atoms with van der Waals surface area (Å²) in [6.07, 6.45) is 0.441. The van der Waals surface area contributed by atoms with E-state index in [1.54, 1.807) is 0 Å². The van der Waals surface area contributed by atoms with Crippen LogP contribution in [0, 0.1) is 0 Å². The predicted octanol–water partition coefficient (Wildman–Crippen LogP) is -2.08. The molecule has 3 amide bonds. The Morgan fingerprint density at radius 1 is 0.479 bits per heavy atom. The number of nitrogens with two attached hydrogens (primary N) is 2. The summed E-state index contributed by atoms with van der Waals surface area (Å²) in [5.74, 6) is -0.590. The molecule has 48 heavy (non-hydrogen) atoms. The van der Waals surface area contributed by atoms with E-state index in [-0.39, 0.29) is 70.0 Å². The molecule has 0 atom stereocenters. The van der Waals surface area contributed by atoms with Crippen molar-refractivity contribution in [2.75, 3.05) is 138 Å². The molecule has 0 aliphatic carbocycles. The summed E-state index contributed by atoms with van der Waals surface area (Å²) in [6, 6.07) is -0.0384. The molecule has 0 unspecified atom stereocenters. The van der Waals surface area contributed by atoms with Crippen LogP contribution in [0.25, 0.3) is 0 Å². The lowest BCUT2D eigenvalue weighted by molar-refractivity contribution is -0.126. The summed E-state index contributed by atoms with van der Waals surface area (Å²) in [4.78, 5) is 36.5. The maximum atomic E-state index is 12.5. The summed E-state index contributed by atoms with van der Waals surface area (Å²) >= 11 is 0. The van der Waals surface area contributed by atoms with Gasteiger partial charge in [-0.15, -0.1) is 0 Å². The Bertz CT molecular complexity index is 722. The number of amides is 3. The normalized spacial score (nSPS) is 11.4. The molecule has 0 spiro atoms. The number of rotatable bonds is 37. The number of nitrogens with one attached hydrogen (secondary N) is 4. The highest BCUT2D eigenvalue weighted by atomic mass is 16.6. The second-order valence-electron chi connectivity index (χ2n) is 10.7. The summed E-state index contributed by atoms with van der Waals surface area (Å²) in [7, 11) is 0. The molecule has 284 valence electrons. The SMILES string of the molecule is CC(C)NCCOCCOCCOCCOCCC(=O)NC(COCCC(=O)NCCOCCN)COCCC(=O)NCCOCCN. The van der Waals surface area contributed by atoms with E-state index >= 15 is 0 Å². The number of hydrogen-bond acceptors (Lipinski definition) is 14. The Morgan fingerprint density at radius 2 is 0.854 bits per heavy atom. The maximum absolute atomic E-state index is 12.5. The number of hydrogen-bond donors (Lipinski definition) is 6. The molecular weight excluding hydrogens is 632 g/mol. The molecule has 0 saturated heterocycles. The first kappa shape index (κ1) is 46.0. The van der Waals surface area contributed by atoms with Gasteiger partial charge in [0.25, 0.3) is 0 Å². The molecule has 0 aromatic heterocycles. The van der Waals surface area contributed by atoms with Crippen LogP contribution in [0.1, 0.15) is 33.1 Å². The fourth-order valence-electron chi connectivity index (χ4n) is 3.63. The first-order valence-corrected chi connectivity index (χ1v) is 17.0. The van der Waals surface area contributed by atoms with Gasteiger partial charge in [0.15, 0.2) is 0 Å². The lowest BCUT2D eigenvalue weighted by Crippen LogP contribution is -2.42. The molecule has 0 heterocycles. The van der Waals surface area contributed by atoms with Crippen LogP contribution >= 0.6 is 0 Å². The highest BCUT2D eigenvalue weighted by Gasteiger charge is 2.14. The van der Waals surface area contributed by atoms with Gasteiger partial charge in [-0.2, -0.15) is 0 Å². The minimum atomic E-state index is -0.483. The third-order valence-corrected chi connectivity index (χ3v) is 6.00. The van der Waals surface area contributed by atoms with Gasteiger partial charge >= 0.3 is 0 Å². The third-order valence-electron chi connectivity index (χ3n) is 6.00. The Morgan fingerprint density at radius 3 is 1.31 bits per heavy atom. The third kappa shape index (κ3) is 35.3. The molecular formula is C31H64N6O11. The van der Waals surface area contributed by atoms with Crippen molar-refractivity contribution >= 4 is 17.7 Å². The molecule has 8 N–H and O–H groups in total. The molecule has 0 aliphatic heterocycles. The minimum absolute atomic E-state index is 0.127. The quantitative estimate of drug-likeness (QED) is 0.0384. The van der Waals surface area contributed by atoms with Crippen LogP contribution in [-0.4, -0.2) is 168 Å². The van der Waals surface area contributed by atoms with Gasteiger partial charge in [-0.25, -0.2) is 0 Å². The van der Waals surface area contributed by atoms with Gasteiger partial charge in [0.05, 0.1) is 112 Å². The van der Waals surface area contributed by atoms with Crippen molar-refractivity contribution < 1.29 is 52.3 Å². The zero-order valence-electron chi connectivity index (χ0n) is 29.3. The van der Waals surface area contributed by atoms with Crippen molar-refractivity contribution in [3.8, 4) is 0 Å². The molecule has 0 saturated carbocycles. The number of carbonyl (C=O) groups excluding carboxylic acids is 3. The van der Waals surface area contributed by atoms with Crippen LogP contribution in [-0.2, 0) is 52.3 Å². The van der Waals surface area contributed by atoms with Gasteiger partial charge in [-0.05, 0) is 0 Å². The molecule has 0 bridgehead atoms. The van der Waals surface area contributed by atoms with Gasteiger partial charge in [0.1, 0.15) is 0 Å². The van der Waals surface area contributed by atoms with Crippen LogP contribution in [0.5, 0.6) is 0 Å². The lowest BCUT2D eigenvalue weighted by atomic mass is 10.3. The van der Waals surface area contributed by atoms with Gasteiger partial charge < -0.3 is 70.6 Å². The predicted molar refractivity (Wildman–Crippen MR) is 180 cm³/mol. The molecule has 0 aromatic rings. The van der Waals surface area contributed by atoms with Gasteiger partial charge in [0.2, 0.25) is 17.7 Å². The van der Waals surface area contributed by atoms with Crippen molar-refractivity contribution in [3.63, 3.8) is 0 Å².